The van der Waals surface area contributed by atoms with E-state index in [-0.39, 0.29) is 0 Å². The average Bonchev–Trinajstić information content (AvgIpc) is 3.90. The predicted molar refractivity (Wildman–Crippen MR) is 246 cm³/mol. The molecule has 0 unspecified atom stereocenters. The molecule has 10 rings (SSSR count). The second-order valence-electron chi connectivity index (χ2n) is 14.5. The van der Waals surface area contributed by atoms with Gasteiger partial charge in [-0.05, 0) is 80.2 Å². The highest BCUT2D eigenvalue weighted by atomic mass is 15.2. The zero-order valence-corrected chi connectivity index (χ0v) is 32.4. The fourth-order valence-corrected chi connectivity index (χ4v) is 8.56. The Morgan fingerprint density at radius 2 is 1.09 bits per heavy atom. The molecule has 278 valence electrons. The summed E-state index contributed by atoms with van der Waals surface area (Å²) in [5, 5.41) is 5.78. The normalized spacial score (nSPS) is 12.6. The van der Waals surface area contributed by atoms with Crippen LogP contribution in [0.15, 0.2) is 191 Å². The van der Waals surface area contributed by atoms with Gasteiger partial charge in [0.25, 0.3) is 0 Å². The maximum Gasteiger partial charge on any atom is 0.236 e. The minimum Gasteiger partial charge on any atom is -0.310 e. The summed E-state index contributed by atoms with van der Waals surface area (Å²) in [6.45, 7) is 8.87. The van der Waals surface area contributed by atoms with Crippen LogP contribution >= 0.6 is 0 Å². The van der Waals surface area contributed by atoms with Crippen molar-refractivity contribution in [2.45, 2.75) is 20.4 Å². The lowest BCUT2D eigenvalue weighted by atomic mass is 10.1. The van der Waals surface area contributed by atoms with Crippen molar-refractivity contribution in [2.24, 2.45) is 15.0 Å². The van der Waals surface area contributed by atoms with Crippen LogP contribution in [0.1, 0.15) is 29.3 Å². The van der Waals surface area contributed by atoms with Gasteiger partial charge in [0.2, 0.25) is 5.96 Å². The molecule has 10 aromatic rings. The molecule has 0 spiro atoms. The molecule has 3 heterocycles. The van der Waals surface area contributed by atoms with Gasteiger partial charge in [-0.1, -0.05) is 133 Å². The van der Waals surface area contributed by atoms with E-state index in [0.717, 1.165) is 60.7 Å². The van der Waals surface area contributed by atoms with Gasteiger partial charge in [0.1, 0.15) is 0 Å². The first kappa shape index (κ1) is 34.9. The SMILES string of the molecule is C=NC(=NC(=NCc1ccccc1)c1ccccc1)n1c2ccccc2c2ccc3c4ccccc4n(-c4ccc(-n5c(/C=C\C)c(C)c6ccccc65)cc4)c3c21. The van der Waals surface area contributed by atoms with Crippen LogP contribution in [0, 0.1) is 6.92 Å². The molecule has 0 aliphatic rings. The highest BCUT2D eigenvalue weighted by molar-refractivity contribution is 6.26. The van der Waals surface area contributed by atoms with Crippen LogP contribution in [0.5, 0.6) is 0 Å². The lowest BCUT2D eigenvalue weighted by Crippen LogP contribution is -2.13. The third kappa shape index (κ3) is 5.69. The summed E-state index contributed by atoms with van der Waals surface area (Å²) in [5.41, 5.74) is 12.0. The second-order valence-corrected chi connectivity index (χ2v) is 14.5. The van der Waals surface area contributed by atoms with Crippen LogP contribution in [0.3, 0.4) is 0 Å². The Morgan fingerprint density at radius 3 is 1.74 bits per heavy atom. The van der Waals surface area contributed by atoms with Crippen molar-refractivity contribution in [3.8, 4) is 11.4 Å². The largest absolute Gasteiger partial charge is 0.310 e. The molecule has 0 atom stereocenters. The lowest BCUT2D eigenvalue weighted by molar-refractivity contribution is 1.06. The van der Waals surface area contributed by atoms with E-state index in [9.17, 15) is 0 Å². The first-order valence-electron chi connectivity index (χ1n) is 19.6. The van der Waals surface area contributed by atoms with E-state index in [1.807, 2.05) is 48.5 Å². The van der Waals surface area contributed by atoms with Crippen molar-refractivity contribution in [3.05, 3.63) is 198 Å². The van der Waals surface area contributed by atoms with Crippen LogP contribution in [0.25, 0.3) is 72.0 Å². The molecule has 0 aliphatic carbocycles. The van der Waals surface area contributed by atoms with Gasteiger partial charge in [0, 0.05) is 49.6 Å². The fourth-order valence-electron chi connectivity index (χ4n) is 8.56. The number of hydrogen-bond donors (Lipinski definition) is 0. The molecular weight excluding hydrogens is 709 g/mol. The number of benzene rings is 7. The number of fused-ring (bicyclic) bond motifs is 8. The Bertz CT molecular complexity index is 3260. The van der Waals surface area contributed by atoms with E-state index < -0.39 is 0 Å². The van der Waals surface area contributed by atoms with E-state index in [1.54, 1.807) is 0 Å². The van der Waals surface area contributed by atoms with Gasteiger partial charge in [0.15, 0.2) is 5.84 Å². The number of aryl methyl sites for hydroxylation is 1. The Morgan fingerprint density at radius 1 is 0.552 bits per heavy atom. The molecule has 7 aromatic carbocycles. The molecule has 0 N–H and O–H groups in total. The molecule has 0 aliphatic heterocycles. The topological polar surface area (TPSA) is 51.9 Å². The van der Waals surface area contributed by atoms with Crippen molar-refractivity contribution < 1.29 is 0 Å². The Hall–Kier alpha value is -7.57. The first-order valence-corrected chi connectivity index (χ1v) is 19.6. The Labute approximate surface area is 336 Å². The van der Waals surface area contributed by atoms with Gasteiger partial charge in [-0.2, -0.15) is 4.99 Å². The first-order chi connectivity index (χ1) is 28.6. The zero-order chi connectivity index (χ0) is 39.2. The monoisotopic (exact) mass is 748 g/mol. The number of amidine groups is 1. The number of allylic oxidation sites excluding steroid dienone is 1. The summed E-state index contributed by atoms with van der Waals surface area (Å²) in [6, 6.07) is 59.6. The van der Waals surface area contributed by atoms with Crippen molar-refractivity contribution in [2.75, 3.05) is 0 Å². The van der Waals surface area contributed by atoms with Gasteiger partial charge in [-0.15, -0.1) is 0 Å². The molecule has 6 heteroatoms. The Balaban J connectivity index is 1.23. The number of aliphatic imine (C=N–C) groups is 3. The molecule has 3 aromatic heterocycles. The number of hydrogen-bond acceptors (Lipinski definition) is 1. The van der Waals surface area contributed by atoms with Crippen LogP contribution < -0.4 is 0 Å². The predicted octanol–water partition coefficient (Wildman–Crippen LogP) is 12.7. The number of rotatable bonds is 6. The maximum absolute atomic E-state index is 5.26. The maximum atomic E-state index is 5.26. The summed E-state index contributed by atoms with van der Waals surface area (Å²) in [5.74, 6) is 1.04. The summed E-state index contributed by atoms with van der Waals surface area (Å²) in [6.07, 6.45) is 4.32. The summed E-state index contributed by atoms with van der Waals surface area (Å²) in [7, 11) is 0. The summed E-state index contributed by atoms with van der Waals surface area (Å²) in [4.78, 5) is 15.0. The number of aromatic nitrogens is 3. The van der Waals surface area contributed by atoms with E-state index >= 15 is 0 Å². The van der Waals surface area contributed by atoms with E-state index in [1.165, 1.54) is 27.5 Å². The Kier molecular flexibility index (Phi) is 8.72. The summed E-state index contributed by atoms with van der Waals surface area (Å²) < 4.78 is 6.92. The molecule has 0 radical (unpaired) electrons. The molecular formula is C52H40N6. The van der Waals surface area contributed by atoms with Gasteiger partial charge in [-0.25, -0.2) is 4.99 Å². The van der Waals surface area contributed by atoms with Crippen LogP contribution in [-0.4, -0.2) is 32.2 Å². The molecule has 6 nitrogen and oxygen atoms in total. The fraction of sp³-hybridized carbons (Fsp3) is 0.0577. The molecule has 0 amide bonds. The highest BCUT2D eigenvalue weighted by Crippen LogP contribution is 2.41. The van der Waals surface area contributed by atoms with Gasteiger partial charge < -0.3 is 9.13 Å². The number of para-hydroxylation sites is 3. The van der Waals surface area contributed by atoms with E-state index in [2.05, 4.69) is 173 Å². The minimum absolute atomic E-state index is 0.452. The van der Waals surface area contributed by atoms with Gasteiger partial charge in [-0.3, -0.25) is 9.56 Å². The molecule has 0 saturated heterocycles. The van der Waals surface area contributed by atoms with E-state index in [0.29, 0.717) is 18.3 Å². The van der Waals surface area contributed by atoms with Crippen LogP contribution in [0.4, 0.5) is 0 Å². The van der Waals surface area contributed by atoms with Crippen LogP contribution in [-0.2, 0) is 6.54 Å². The van der Waals surface area contributed by atoms with Gasteiger partial charge in [0.05, 0.1) is 34.1 Å². The van der Waals surface area contributed by atoms with Crippen molar-refractivity contribution in [1.82, 2.24) is 13.7 Å². The molecule has 0 saturated carbocycles. The lowest BCUT2D eigenvalue weighted by Gasteiger charge is -2.14. The molecule has 58 heavy (non-hydrogen) atoms. The quantitative estimate of drug-likeness (QED) is 0.120. The van der Waals surface area contributed by atoms with E-state index in [4.69, 9.17) is 9.98 Å². The number of nitrogens with zero attached hydrogens (tertiary/aromatic N) is 6. The zero-order valence-electron chi connectivity index (χ0n) is 32.4. The molecule has 0 fully saturated rings. The van der Waals surface area contributed by atoms with Crippen LogP contribution in [0.2, 0.25) is 0 Å². The van der Waals surface area contributed by atoms with Crippen molar-refractivity contribution >= 4 is 79.1 Å². The summed E-state index contributed by atoms with van der Waals surface area (Å²) >= 11 is 0. The standard InChI is InChI=1S/C52H40N6/c1-4-17-45-35(2)40-22-11-14-25-46(40)56(45)38-28-30-39(31-29-38)57-47-26-15-12-23-41(47)43-32-33-44-42-24-13-16-27-48(42)58(50(44)49(43)57)52(53-3)55-51(37-20-9-6-10-21-37)54-34-36-18-7-5-8-19-36/h4-33H,3,34H2,1-2H3/b17-4-,54-51?,55-52?. The van der Waals surface area contributed by atoms with Crippen molar-refractivity contribution in [1.29, 1.82) is 0 Å². The van der Waals surface area contributed by atoms with Crippen molar-refractivity contribution in [3.63, 3.8) is 0 Å². The smallest absolute Gasteiger partial charge is 0.236 e. The third-order valence-corrected chi connectivity index (χ3v) is 11.2. The third-order valence-electron chi connectivity index (χ3n) is 11.2. The average molecular weight is 749 g/mol. The molecule has 0 bridgehead atoms. The minimum atomic E-state index is 0.452. The van der Waals surface area contributed by atoms with Gasteiger partial charge >= 0.3 is 0 Å². The highest BCUT2D eigenvalue weighted by Gasteiger charge is 2.23. The second kappa shape index (κ2) is 14.5.